The summed E-state index contributed by atoms with van der Waals surface area (Å²) in [5.41, 5.74) is -0.507. The van der Waals surface area contributed by atoms with Crippen LogP contribution in [0.15, 0.2) is 72.3 Å². The Balaban J connectivity index is 1.54. The zero-order valence-corrected chi connectivity index (χ0v) is 19.8. The number of benzene rings is 2. The molecule has 0 unspecified atom stereocenters. The highest BCUT2D eigenvalue weighted by atomic mass is 32.2. The van der Waals surface area contributed by atoms with Crippen LogP contribution in [-0.2, 0) is 16.2 Å². The van der Waals surface area contributed by atoms with Crippen LogP contribution >= 0.6 is 0 Å². The van der Waals surface area contributed by atoms with Crippen LogP contribution in [0.4, 0.5) is 22.0 Å². The summed E-state index contributed by atoms with van der Waals surface area (Å²) < 4.78 is 100. The van der Waals surface area contributed by atoms with Gasteiger partial charge in [-0.15, -0.1) is 10.2 Å². The highest BCUT2D eigenvalue weighted by Crippen LogP contribution is 2.40. The van der Waals surface area contributed by atoms with Gasteiger partial charge in [-0.3, -0.25) is 4.98 Å². The molecule has 13 heteroatoms. The minimum atomic E-state index is -4.85. The number of alkyl halides is 5. The van der Waals surface area contributed by atoms with Crippen molar-refractivity contribution < 1.29 is 30.4 Å². The topological polar surface area (TPSA) is 89.8 Å². The molecule has 37 heavy (non-hydrogen) atoms. The van der Waals surface area contributed by atoms with Crippen LogP contribution in [0, 0.1) is 0 Å². The summed E-state index contributed by atoms with van der Waals surface area (Å²) in [6.07, 6.45) is -2.19. The predicted molar refractivity (Wildman–Crippen MR) is 124 cm³/mol. The molecule has 2 aromatic carbocycles. The molecule has 0 saturated heterocycles. The number of hydrogen-bond donors (Lipinski definition) is 1. The third-order valence-corrected chi connectivity index (χ3v) is 7.80. The van der Waals surface area contributed by atoms with Crippen molar-refractivity contribution in [3.8, 4) is 11.1 Å². The molecule has 1 aliphatic rings. The monoisotopic (exact) mass is 537 g/mol. The van der Waals surface area contributed by atoms with Gasteiger partial charge < -0.3 is 4.57 Å². The summed E-state index contributed by atoms with van der Waals surface area (Å²) in [7, 11) is -4.61. The molecule has 1 fully saturated rings. The van der Waals surface area contributed by atoms with Gasteiger partial charge in [0.05, 0.1) is 16.0 Å². The Labute approximate surface area is 208 Å². The van der Waals surface area contributed by atoms with Gasteiger partial charge in [-0.05, 0) is 36.2 Å². The van der Waals surface area contributed by atoms with Crippen molar-refractivity contribution in [2.24, 2.45) is 0 Å². The summed E-state index contributed by atoms with van der Waals surface area (Å²) >= 11 is 0. The number of fused-ring (bicyclic) bond motifs is 1. The van der Waals surface area contributed by atoms with E-state index in [9.17, 15) is 30.4 Å². The zero-order chi connectivity index (χ0) is 26.4. The Hall–Kier alpha value is -3.45. The van der Waals surface area contributed by atoms with Gasteiger partial charge in [0.15, 0.2) is 0 Å². The lowest BCUT2D eigenvalue weighted by Gasteiger charge is -2.35. The molecule has 0 radical (unpaired) electrons. The molecule has 194 valence electrons. The van der Waals surface area contributed by atoms with Gasteiger partial charge >= 0.3 is 6.18 Å². The van der Waals surface area contributed by atoms with Crippen molar-refractivity contribution in [1.29, 1.82) is 0 Å². The van der Waals surface area contributed by atoms with Crippen LogP contribution < -0.4 is 4.72 Å². The largest absolute Gasteiger partial charge is 0.416 e. The Kier molecular flexibility index (Phi) is 6.23. The van der Waals surface area contributed by atoms with Crippen molar-refractivity contribution >= 4 is 20.9 Å². The second kappa shape index (κ2) is 9.14. The predicted octanol–water partition coefficient (Wildman–Crippen LogP) is 5.22. The number of nitrogens with zero attached hydrogens (tertiary/aromatic N) is 4. The molecule has 1 saturated carbocycles. The van der Waals surface area contributed by atoms with Gasteiger partial charge in [-0.25, -0.2) is 21.9 Å². The summed E-state index contributed by atoms with van der Waals surface area (Å²) in [6, 6.07) is 8.74. The second-order valence-corrected chi connectivity index (χ2v) is 10.7. The van der Waals surface area contributed by atoms with E-state index in [1.165, 1.54) is 23.4 Å². The number of para-hydroxylation sites is 1. The molecule has 0 aliphatic heterocycles. The Bertz CT molecular complexity index is 1540. The third kappa shape index (κ3) is 5.32. The smallest absolute Gasteiger partial charge is 0.317 e. The van der Waals surface area contributed by atoms with Gasteiger partial charge in [0.2, 0.25) is 10.0 Å². The van der Waals surface area contributed by atoms with Gasteiger partial charge in [-0.2, -0.15) is 13.2 Å². The fraction of sp³-hybridized carbons (Fsp3) is 0.292. The first-order chi connectivity index (χ1) is 17.4. The maximum Gasteiger partial charge on any atom is 0.416 e. The summed E-state index contributed by atoms with van der Waals surface area (Å²) in [6.45, 7) is 0. The van der Waals surface area contributed by atoms with Gasteiger partial charge in [0.25, 0.3) is 5.92 Å². The molecule has 2 heterocycles. The molecule has 5 rings (SSSR count). The van der Waals surface area contributed by atoms with E-state index in [1.54, 1.807) is 30.3 Å². The molecule has 1 aliphatic carbocycles. The van der Waals surface area contributed by atoms with Crippen molar-refractivity contribution in [1.82, 2.24) is 24.5 Å². The van der Waals surface area contributed by atoms with E-state index >= 15 is 0 Å². The molecule has 0 bridgehead atoms. The number of halogens is 5. The maximum atomic E-state index is 14.5. The first-order valence-corrected chi connectivity index (χ1v) is 12.7. The van der Waals surface area contributed by atoms with E-state index in [-0.39, 0.29) is 12.0 Å². The van der Waals surface area contributed by atoms with Crippen LogP contribution in [0.5, 0.6) is 0 Å². The second-order valence-electron chi connectivity index (χ2n) is 9.01. The highest BCUT2D eigenvalue weighted by Gasteiger charge is 2.43. The van der Waals surface area contributed by atoms with E-state index in [2.05, 4.69) is 19.9 Å². The number of nitrogens with one attached hydrogen (secondary N) is 1. The molecule has 0 spiro atoms. The van der Waals surface area contributed by atoms with Crippen LogP contribution in [0.3, 0.4) is 0 Å². The minimum Gasteiger partial charge on any atom is -0.317 e. The number of pyridine rings is 1. The number of sulfonamides is 1. The van der Waals surface area contributed by atoms with Crippen molar-refractivity contribution in [2.45, 2.75) is 48.3 Å². The SMILES string of the molecule is O=S(=O)(N[C@@H]1C[C@H](n2cnnc2)CC(F)(F)C1)c1cc(-c2cccc3cccnc23)cc(C(F)(F)F)c1. The normalized spacial score (nSPS) is 20.2. The van der Waals surface area contributed by atoms with Gasteiger partial charge in [0.1, 0.15) is 12.7 Å². The summed E-state index contributed by atoms with van der Waals surface area (Å²) in [5.74, 6) is -3.20. The fourth-order valence-corrected chi connectivity index (χ4v) is 6.01. The van der Waals surface area contributed by atoms with E-state index in [0.717, 1.165) is 12.1 Å². The number of aromatic nitrogens is 4. The Morgan fingerprint density at radius 3 is 2.46 bits per heavy atom. The average Bonchev–Trinajstić information content (AvgIpc) is 3.37. The molecular weight excluding hydrogens is 517 g/mol. The first kappa shape index (κ1) is 25.2. The number of rotatable bonds is 5. The van der Waals surface area contributed by atoms with Gasteiger partial charge in [0, 0.05) is 42.1 Å². The number of hydrogen-bond acceptors (Lipinski definition) is 5. The lowest BCUT2D eigenvalue weighted by Crippen LogP contribution is -2.45. The van der Waals surface area contributed by atoms with E-state index in [1.807, 2.05) is 0 Å². The first-order valence-electron chi connectivity index (χ1n) is 11.2. The van der Waals surface area contributed by atoms with Crippen molar-refractivity contribution in [3.63, 3.8) is 0 Å². The standard InChI is InChI=1S/C24H20F5N5O2S/c25-23(26)11-18(10-19(12-23)34-13-31-32-14-34)33-37(35,36)20-8-16(7-17(9-20)24(27,28)29)21-5-1-3-15-4-2-6-30-22(15)21/h1-9,13-14,18-19,33H,10-12H2/t18-,19+/m1/s1. The van der Waals surface area contributed by atoms with Crippen LogP contribution in [0.2, 0.25) is 0 Å². The summed E-state index contributed by atoms with van der Waals surface area (Å²) in [4.78, 5) is 3.56. The summed E-state index contributed by atoms with van der Waals surface area (Å²) in [5, 5.41) is 7.86. The molecule has 7 nitrogen and oxygen atoms in total. The average molecular weight is 538 g/mol. The lowest BCUT2D eigenvalue weighted by atomic mass is 9.88. The van der Waals surface area contributed by atoms with Crippen LogP contribution in [0.1, 0.15) is 30.9 Å². The molecule has 2 atom stereocenters. The van der Waals surface area contributed by atoms with E-state index < -0.39 is 57.5 Å². The quantitative estimate of drug-likeness (QED) is 0.353. The Morgan fingerprint density at radius 2 is 1.73 bits per heavy atom. The molecule has 4 aromatic rings. The van der Waals surface area contributed by atoms with Crippen LogP contribution in [-0.4, -0.2) is 40.1 Å². The minimum absolute atomic E-state index is 0.00801. The highest BCUT2D eigenvalue weighted by molar-refractivity contribution is 7.89. The Morgan fingerprint density at radius 1 is 1.00 bits per heavy atom. The van der Waals surface area contributed by atoms with E-state index in [4.69, 9.17) is 0 Å². The van der Waals surface area contributed by atoms with Crippen molar-refractivity contribution in [3.05, 3.63) is 72.9 Å². The maximum absolute atomic E-state index is 14.5. The lowest BCUT2D eigenvalue weighted by molar-refractivity contribution is -0.137. The van der Waals surface area contributed by atoms with Crippen molar-refractivity contribution in [2.75, 3.05) is 0 Å². The molecule has 1 N–H and O–H groups in total. The van der Waals surface area contributed by atoms with E-state index in [0.29, 0.717) is 22.5 Å². The molecular formula is C24H20F5N5O2S. The third-order valence-electron chi connectivity index (χ3n) is 6.30. The zero-order valence-electron chi connectivity index (χ0n) is 19.0. The fourth-order valence-electron chi connectivity index (χ4n) is 4.70. The van der Waals surface area contributed by atoms with Crippen LogP contribution in [0.25, 0.3) is 22.0 Å². The molecule has 2 aromatic heterocycles. The molecule has 0 amide bonds. The van der Waals surface area contributed by atoms with Gasteiger partial charge in [-0.1, -0.05) is 24.3 Å².